The molecule has 0 aliphatic rings. The highest BCUT2D eigenvalue weighted by atomic mass is 16.5. The molecule has 0 spiro atoms. The van der Waals surface area contributed by atoms with Gasteiger partial charge in [0.05, 0.1) is 19.9 Å². The lowest BCUT2D eigenvalue weighted by Gasteiger charge is -2.13. The van der Waals surface area contributed by atoms with Gasteiger partial charge in [0.2, 0.25) is 0 Å². The summed E-state index contributed by atoms with van der Waals surface area (Å²) in [6.45, 7) is 0.342. The Labute approximate surface area is 124 Å². The molecule has 6 nitrogen and oxygen atoms in total. The predicted molar refractivity (Wildman–Crippen MR) is 80.8 cm³/mol. The number of rotatable bonds is 6. The summed E-state index contributed by atoms with van der Waals surface area (Å²) in [5.74, 6) is 2.62. The molecule has 1 aromatic heterocycles. The highest BCUT2D eigenvalue weighted by Gasteiger charge is 2.14. The second kappa shape index (κ2) is 6.90. The van der Waals surface area contributed by atoms with Gasteiger partial charge in [0, 0.05) is 25.8 Å². The Morgan fingerprint density at radius 2 is 1.90 bits per heavy atom. The van der Waals surface area contributed by atoms with E-state index in [1.165, 1.54) is 0 Å². The number of benzene rings is 1. The monoisotopic (exact) mass is 289 g/mol. The van der Waals surface area contributed by atoms with Crippen LogP contribution in [0.3, 0.4) is 0 Å². The maximum Gasteiger partial charge on any atom is 0.170 e. The maximum atomic E-state index is 5.46. The molecule has 0 fully saturated rings. The molecule has 1 N–H and O–H groups in total. The molecular weight excluding hydrogens is 270 g/mol. The smallest absolute Gasteiger partial charge is 0.170 e. The number of para-hydroxylation sites is 1. The van der Waals surface area contributed by atoms with Crippen LogP contribution in [0.1, 0.15) is 5.82 Å². The van der Waals surface area contributed by atoms with Crippen molar-refractivity contribution in [3.63, 3.8) is 0 Å². The SMILES string of the molecule is CNc1cc(-c2cccc(OC)c2OC)nc(COC)n1. The molecule has 1 heterocycles. The highest BCUT2D eigenvalue weighted by molar-refractivity contribution is 5.72. The number of ether oxygens (including phenoxy) is 3. The second-order valence-electron chi connectivity index (χ2n) is 4.28. The fraction of sp³-hybridized carbons (Fsp3) is 0.333. The van der Waals surface area contributed by atoms with Gasteiger partial charge in [-0.2, -0.15) is 0 Å². The fourth-order valence-corrected chi connectivity index (χ4v) is 2.05. The summed E-state index contributed by atoms with van der Waals surface area (Å²) in [6.07, 6.45) is 0. The van der Waals surface area contributed by atoms with E-state index in [0.717, 1.165) is 17.1 Å². The largest absolute Gasteiger partial charge is 0.493 e. The molecule has 0 saturated heterocycles. The zero-order valence-electron chi connectivity index (χ0n) is 12.6. The van der Waals surface area contributed by atoms with Crippen molar-refractivity contribution < 1.29 is 14.2 Å². The number of anilines is 1. The number of nitrogens with zero attached hydrogens (tertiary/aromatic N) is 2. The Bertz CT molecular complexity index is 617. The van der Waals surface area contributed by atoms with Crippen LogP contribution in [0.4, 0.5) is 5.82 Å². The minimum Gasteiger partial charge on any atom is -0.493 e. The Morgan fingerprint density at radius 1 is 1.10 bits per heavy atom. The van der Waals surface area contributed by atoms with E-state index < -0.39 is 0 Å². The molecule has 21 heavy (non-hydrogen) atoms. The van der Waals surface area contributed by atoms with Gasteiger partial charge in [0.1, 0.15) is 12.4 Å². The first-order valence-corrected chi connectivity index (χ1v) is 6.49. The van der Waals surface area contributed by atoms with Crippen LogP contribution in [0.5, 0.6) is 11.5 Å². The van der Waals surface area contributed by atoms with Crippen LogP contribution in [-0.2, 0) is 11.3 Å². The Kier molecular flexibility index (Phi) is 4.94. The van der Waals surface area contributed by atoms with Crippen molar-refractivity contribution in [1.29, 1.82) is 0 Å². The van der Waals surface area contributed by atoms with Crippen LogP contribution < -0.4 is 14.8 Å². The molecule has 112 valence electrons. The molecule has 0 aliphatic carbocycles. The predicted octanol–water partition coefficient (Wildman–Crippen LogP) is 2.35. The molecule has 0 amide bonds. The van der Waals surface area contributed by atoms with E-state index in [4.69, 9.17) is 14.2 Å². The molecule has 2 aromatic rings. The van der Waals surface area contributed by atoms with Crippen LogP contribution in [-0.4, -0.2) is 38.3 Å². The van der Waals surface area contributed by atoms with Gasteiger partial charge in [0.15, 0.2) is 17.3 Å². The summed E-state index contributed by atoms with van der Waals surface area (Å²) >= 11 is 0. The molecule has 0 unspecified atom stereocenters. The summed E-state index contributed by atoms with van der Waals surface area (Å²) < 4.78 is 15.9. The van der Waals surface area contributed by atoms with E-state index in [1.807, 2.05) is 31.3 Å². The van der Waals surface area contributed by atoms with Crippen LogP contribution in [0.25, 0.3) is 11.3 Å². The summed E-state index contributed by atoms with van der Waals surface area (Å²) in [6, 6.07) is 7.53. The first kappa shape index (κ1) is 15.1. The average molecular weight is 289 g/mol. The molecular formula is C15H19N3O3. The molecule has 6 heteroatoms. The van der Waals surface area contributed by atoms with Crippen molar-refractivity contribution in [3.8, 4) is 22.8 Å². The van der Waals surface area contributed by atoms with E-state index >= 15 is 0 Å². The molecule has 0 atom stereocenters. The lowest BCUT2D eigenvalue weighted by Crippen LogP contribution is -2.03. The normalized spacial score (nSPS) is 10.3. The van der Waals surface area contributed by atoms with Crippen LogP contribution >= 0.6 is 0 Å². The van der Waals surface area contributed by atoms with Gasteiger partial charge in [-0.3, -0.25) is 0 Å². The van der Waals surface area contributed by atoms with E-state index in [2.05, 4.69) is 15.3 Å². The van der Waals surface area contributed by atoms with Gasteiger partial charge in [-0.25, -0.2) is 9.97 Å². The van der Waals surface area contributed by atoms with E-state index in [0.29, 0.717) is 23.9 Å². The molecule has 0 saturated carbocycles. The minimum atomic E-state index is 0.342. The third-order valence-electron chi connectivity index (χ3n) is 2.98. The second-order valence-corrected chi connectivity index (χ2v) is 4.28. The standard InChI is InChI=1S/C15H19N3O3/c1-16-13-8-11(17-14(18-13)9-19-2)10-6-5-7-12(20-3)15(10)21-4/h5-8H,9H2,1-4H3,(H,16,17,18). The van der Waals surface area contributed by atoms with Crippen molar-refractivity contribution in [3.05, 3.63) is 30.1 Å². The zero-order chi connectivity index (χ0) is 15.2. The number of hydrogen-bond acceptors (Lipinski definition) is 6. The zero-order valence-corrected chi connectivity index (χ0v) is 12.6. The van der Waals surface area contributed by atoms with E-state index in [-0.39, 0.29) is 0 Å². The molecule has 0 radical (unpaired) electrons. The molecule has 0 bridgehead atoms. The Morgan fingerprint density at radius 3 is 2.52 bits per heavy atom. The first-order chi connectivity index (χ1) is 10.2. The highest BCUT2D eigenvalue weighted by Crippen LogP contribution is 2.37. The van der Waals surface area contributed by atoms with Crippen LogP contribution in [0.2, 0.25) is 0 Å². The average Bonchev–Trinajstić information content (AvgIpc) is 2.53. The van der Waals surface area contributed by atoms with Crippen molar-refractivity contribution in [1.82, 2.24) is 9.97 Å². The number of aromatic nitrogens is 2. The quantitative estimate of drug-likeness (QED) is 0.880. The topological polar surface area (TPSA) is 65.5 Å². The van der Waals surface area contributed by atoms with Crippen molar-refractivity contribution in [2.24, 2.45) is 0 Å². The number of nitrogens with one attached hydrogen (secondary N) is 1. The molecule has 2 rings (SSSR count). The summed E-state index contributed by atoms with van der Waals surface area (Å²) in [5.41, 5.74) is 1.59. The maximum absolute atomic E-state index is 5.46. The fourth-order valence-electron chi connectivity index (χ4n) is 2.05. The number of methoxy groups -OCH3 is 3. The van der Waals surface area contributed by atoms with E-state index in [1.54, 1.807) is 21.3 Å². The lowest BCUT2D eigenvalue weighted by molar-refractivity contribution is 0.178. The van der Waals surface area contributed by atoms with Gasteiger partial charge in [0.25, 0.3) is 0 Å². The molecule has 0 aliphatic heterocycles. The van der Waals surface area contributed by atoms with Gasteiger partial charge in [-0.1, -0.05) is 6.07 Å². The van der Waals surface area contributed by atoms with Gasteiger partial charge >= 0.3 is 0 Å². The molecule has 1 aromatic carbocycles. The Hall–Kier alpha value is -2.34. The first-order valence-electron chi connectivity index (χ1n) is 6.49. The van der Waals surface area contributed by atoms with E-state index in [9.17, 15) is 0 Å². The third-order valence-corrected chi connectivity index (χ3v) is 2.98. The summed E-state index contributed by atoms with van der Waals surface area (Å²) in [4.78, 5) is 8.86. The van der Waals surface area contributed by atoms with Crippen molar-refractivity contribution in [2.45, 2.75) is 6.61 Å². The van der Waals surface area contributed by atoms with Crippen LogP contribution in [0, 0.1) is 0 Å². The minimum absolute atomic E-state index is 0.342. The van der Waals surface area contributed by atoms with Crippen molar-refractivity contribution >= 4 is 5.82 Å². The van der Waals surface area contributed by atoms with Crippen molar-refractivity contribution in [2.75, 3.05) is 33.7 Å². The summed E-state index contributed by atoms with van der Waals surface area (Å²) in [7, 11) is 6.64. The lowest BCUT2D eigenvalue weighted by atomic mass is 10.1. The summed E-state index contributed by atoms with van der Waals surface area (Å²) in [5, 5.41) is 3.02. The van der Waals surface area contributed by atoms with Gasteiger partial charge in [-0.15, -0.1) is 0 Å². The van der Waals surface area contributed by atoms with Gasteiger partial charge in [-0.05, 0) is 12.1 Å². The Balaban J connectivity index is 2.57. The number of hydrogen-bond donors (Lipinski definition) is 1. The third kappa shape index (κ3) is 3.22. The van der Waals surface area contributed by atoms with Crippen LogP contribution in [0.15, 0.2) is 24.3 Å². The van der Waals surface area contributed by atoms with Gasteiger partial charge < -0.3 is 19.5 Å².